The fraction of sp³-hybridized carbons (Fsp3) is 0.182. The van der Waals surface area contributed by atoms with Crippen molar-refractivity contribution >= 4 is 23.3 Å². The summed E-state index contributed by atoms with van der Waals surface area (Å²) in [6, 6.07) is 9.92. The van der Waals surface area contributed by atoms with E-state index in [9.17, 15) is 0 Å². The zero-order valence-corrected chi connectivity index (χ0v) is 8.75. The Hall–Kier alpha value is -1.28. The van der Waals surface area contributed by atoms with Crippen molar-refractivity contribution in [2.75, 3.05) is 6.61 Å². The second-order valence-corrected chi connectivity index (χ2v) is 2.76. The maximum Gasteiger partial charge on any atom is 0.145 e. The van der Waals surface area contributed by atoms with Crippen LogP contribution in [0.5, 0.6) is 5.75 Å². The van der Waals surface area contributed by atoms with Gasteiger partial charge < -0.3 is 4.74 Å². The lowest BCUT2D eigenvalue weighted by molar-refractivity contribution is 0.343. The number of aromatic nitrogens is 1. The van der Waals surface area contributed by atoms with Crippen LogP contribution < -0.4 is 4.74 Å². The molecule has 2 aromatic rings. The summed E-state index contributed by atoms with van der Waals surface area (Å²) in [4.78, 5) is 4.27. The normalized spacial score (nSPS) is 9.50. The zero-order chi connectivity index (χ0) is 9.10. The number of ether oxygens (including phenoxy) is 1. The Morgan fingerprint density at radius 3 is 2.79 bits per heavy atom. The Morgan fingerprint density at radius 2 is 2.00 bits per heavy atom. The van der Waals surface area contributed by atoms with Crippen LogP contribution in [0.25, 0.3) is 10.9 Å². The molecule has 0 aliphatic heterocycles. The molecule has 0 unspecified atom stereocenters. The Labute approximate surface area is 89.3 Å². The highest BCUT2D eigenvalue weighted by Crippen LogP contribution is 2.22. The first-order valence-electron chi connectivity index (χ1n) is 4.38. The largest absolute Gasteiger partial charge is 0.492 e. The lowest BCUT2D eigenvalue weighted by atomic mass is 10.2. The van der Waals surface area contributed by atoms with Gasteiger partial charge in [-0.15, -0.1) is 12.4 Å². The molecule has 0 aliphatic rings. The third-order valence-corrected chi connectivity index (χ3v) is 1.90. The number of fused-ring (bicyclic) bond motifs is 1. The van der Waals surface area contributed by atoms with Gasteiger partial charge in [-0.1, -0.05) is 18.2 Å². The number of halogens is 1. The SMILES string of the molecule is CCOc1cccc2cccnc12.Cl. The van der Waals surface area contributed by atoms with Gasteiger partial charge >= 0.3 is 0 Å². The van der Waals surface area contributed by atoms with Crippen LogP contribution in [0.15, 0.2) is 36.5 Å². The van der Waals surface area contributed by atoms with E-state index in [0.717, 1.165) is 16.7 Å². The summed E-state index contributed by atoms with van der Waals surface area (Å²) in [5.41, 5.74) is 0.937. The van der Waals surface area contributed by atoms with Crippen LogP contribution in [0.1, 0.15) is 6.92 Å². The summed E-state index contributed by atoms with van der Waals surface area (Å²) < 4.78 is 5.46. The zero-order valence-electron chi connectivity index (χ0n) is 7.93. The predicted octanol–water partition coefficient (Wildman–Crippen LogP) is 3.06. The van der Waals surface area contributed by atoms with Gasteiger partial charge in [-0.25, -0.2) is 0 Å². The second kappa shape index (κ2) is 4.82. The minimum absolute atomic E-state index is 0. The van der Waals surface area contributed by atoms with E-state index in [1.54, 1.807) is 6.20 Å². The van der Waals surface area contributed by atoms with E-state index in [0.29, 0.717) is 6.61 Å². The van der Waals surface area contributed by atoms with E-state index in [-0.39, 0.29) is 12.4 Å². The molecule has 0 fully saturated rings. The van der Waals surface area contributed by atoms with Gasteiger partial charge in [-0.3, -0.25) is 4.98 Å². The fourth-order valence-electron chi connectivity index (χ4n) is 1.35. The average molecular weight is 210 g/mol. The number of hydrogen-bond acceptors (Lipinski definition) is 2. The number of hydrogen-bond donors (Lipinski definition) is 0. The van der Waals surface area contributed by atoms with Gasteiger partial charge in [0.1, 0.15) is 11.3 Å². The molecule has 0 radical (unpaired) electrons. The van der Waals surface area contributed by atoms with Gasteiger partial charge in [0.2, 0.25) is 0 Å². The highest BCUT2D eigenvalue weighted by molar-refractivity contribution is 5.85. The average Bonchev–Trinajstić information content (AvgIpc) is 2.19. The number of para-hydroxylation sites is 1. The van der Waals surface area contributed by atoms with Crippen molar-refractivity contribution in [3.63, 3.8) is 0 Å². The van der Waals surface area contributed by atoms with E-state index >= 15 is 0 Å². The molecule has 0 spiro atoms. The Kier molecular flexibility index (Phi) is 3.72. The van der Waals surface area contributed by atoms with Crippen LogP contribution in [0.2, 0.25) is 0 Å². The molecule has 3 heteroatoms. The first-order valence-corrected chi connectivity index (χ1v) is 4.38. The van der Waals surface area contributed by atoms with E-state index in [4.69, 9.17) is 4.74 Å². The standard InChI is InChI=1S/C11H11NO.ClH/c1-2-13-10-7-3-5-9-6-4-8-12-11(9)10;/h3-8H,2H2,1H3;1H. The van der Waals surface area contributed by atoms with Crippen LogP contribution >= 0.6 is 12.4 Å². The molecule has 74 valence electrons. The molecular formula is C11H12ClNO. The summed E-state index contributed by atoms with van der Waals surface area (Å²) in [6.07, 6.45) is 1.78. The number of nitrogens with zero attached hydrogens (tertiary/aromatic N) is 1. The quantitative estimate of drug-likeness (QED) is 0.759. The molecule has 0 atom stereocenters. The molecule has 0 amide bonds. The maximum absolute atomic E-state index is 5.46. The summed E-state index contributed by atoms with van der Waals surface area (Å²) in [5.74, 6) is 0.862. The highest BCUT2D eigenvalue weighted by Gasteiger charge is 2.00. The lowest BCUT2D eigenvalue weighted by Gasteiger charge is -2.05. The third kappa shape index (κ3) is 1.96. The minimum atomic E-state index is 0. The minimum Gasteiger partial charge on any atom is -0.492 e. The van der Waals surface area contributed by atoms with Gasteiger partial charge in [-0.2, -0.15) is 0 Å². The first-order chi connectivity index (χ1) is 6.42. The molecule has 14 heavy (non-hydrogen) atoms. The molecular weight excluding hydrogens is 198 g/mol. The Bertz CT molecular complexity index is 411. The van der Waals surface area contributed by atoms with Crippen LogP contribution in [0.4, 0.5) is 0 Å². The Balaban J connectivity index is 0.000000980. The molecule has 0 aliphatic carbocycles. The summed E-state index contributed by atoms with van der Waals surface area (Å²) in [7, 11) is 0. The van der Waals surface area contributed by atoms with Crippen LogP contribution in [-0.4, -0.2) is 11.6 Å². The maximum atomic E-state index is 5.46. The van der Waals surface area contributed by atoms with Crippen molar-refractivity contribution in [2.45, 2.75) is 6.92 Å². The van der Waals surface area contributed by atoms with Crippen LogP contribution in [0, 0.1) is 0 Å². The van der Waals surface area contributed by atoms with Gasteiger partial charge in [0.05, 0.1) is 6.61 Å². The number of pyridine rings is 1. The van der Waals surface area contributed by atoms with E-state index in [2.05, 4.69) is 4.98 Å². The molecule has 2 nitrogen and oxygen atoms in total. The van der Waals surface area contributed by atoms with E-state index in [1.807, 2.05) is 37.3 Å². The second-order valence-electron chi connectivity index (χ2n) is 2.76. The van der Waals surface area contributed by atoms with Crippen molar-refractivity contribution < 1.29 is 4.74 Å². The Morgan fingerprint density at radius 1 is 1.21 bits per heavy atom. The van der Waals surface area contributed by atoms with Crippen molar-refractivity contribution in [1.82, 2.24) is 4.98 Å². The smallest absolute Gasteiger partial charge is 0.145 e. The lowest BCUT2D eigenvalue weighted by Crippen LogP contribution is -1.92. The molecule has 2 rings (SSSR count). The highest BCUT2D eigenvalue weighted by atomic mass is 35.5. The molecule has 0 bridgehead atoms. The van der Waals surface area contributed by atoms with Crippen molar-refractivity contribution in [3.8, 4) is 5.75 Å². The van der Waals surface area contributed by atoms with Gasteiger partial charge in [0, 0.05) is 11.6 Å². The third-order valence-electron chi connectivity index (χ3n) is 1.90. The van der Waals surface area contributed by atoms with Crippen molar-refractivity contribution in [2.24, 2.45) is 0 Å². The molecule has 0 N–H and O–H groups in total. The van der Waals surface area contributed by atoms with E-state index in [1.165, 1.54) is 0 Å². The fourth-order valence-corrected chi connectivity index (χ4v) is 1.35. The summed E-state index contributed by atoms with van der Waals surface area (Å²) >= 11 is 0. The molecule has 0 saturated carbocycles. The van der Waals surface area contributed by atoms with Crippen LogP contribution in [-0.2, 0) is 0 Å². The summed E-state index contributed by atoms with van der Waals surface area (Å²) in [6.45, 7) is 2.65. The molecule has 0 saturated heterocycles. The van der Waals surface area contributed by atoms with Crippen LogP contribution in [0.3, 0.4) is 0 Å². The number of benzene rings is 1. The first kappa shape index (κ1) is 10.8. The molecule has 1 aromatic heterocycles. The summed E-state index contributed by atoms with van der Waals surface area (Å²) in [5, 5.41) is 1.12. The topological polar surface area (TPSA) is 22.1 Å². The number of rotatable bonds is 2. The van der Waals surface area contributed by atoms with Gasteiger partial charge in [0.25, 0.3) is 0 Å². The van der Waals surface area contributed by atoms with E-state index < -0.39 is 0 Å². The predicted molar refractivity (Wildman–Crippen MR) is 60.2 cm³/mol. The van der Waals surface area contributed by atoms with Crippen molar-refractivity contribution in [3.05, 3.63) is 36.5 Å². The molecule has 1 heterocycles. The molecule has 1 aromatic carbocycles. The van der Waals surface area contributed by atoms with Gasteiger partial charge in [-0.05, 0) is 19.1 Å². The van der Waals surface area contributed by atoms with Gasteiger partial charge in [0.15, 0.2) is 0 Å². The monoisotopic (exact) mass is 209 g/mol. The van der Waals surface area contributed by atoms with Crippen molar-refractivity contribution in [1.29, 1.82) is 0 Å².